The summed E-state index contributed by atoms with van der Waals surface area (Å²) in [7, 11) is -3.60. The summed E-state index contributed by atoms with van der Waals surface area (Å²) in [6, 6.07) is 3.05. The molecule has 0 spiro atoms. The lowest BCUT2D eigenvalue weighted by atomic mass is 10.1. The van der Waals surface area contributed by atoms with Crippen molar-refractivity contribution in [2.75, 3.05) is 24.8 Å². The molecular weight excluding hydrogens is 374 g/mol. The molecule has 1 aliphatic rings. The summed E-state index contributed by atoms with van der Waals surface area (Å²) in [5.41, 5.74) is 0.0302. The Bertz CT molecular complexity index is 624. The van der Waals surface area contributed by atoms with Crippen LogP contribution < -0.4 is 0 Å². The first-order valence-corrected chi connectivity index (χ1v) is 8.87. The summed E-state index contributed by atoms with van der Waals surface area (Å²) in [6.45, 7) is -0.214. The van der Waals surface area contributed by atoms with Crippen LogP contribution in [0.4, 0.5) is 8.78 Å². The number of hydrogen-bond acceptors (Lipinski definition) is 5. The molecule has 0 unspecified atom stereocenters. The van der Waals surface area contributed by atoms with Crippen molar-refractivity contribution in [1.29, 1.82) is 0 Å². The first kappa shape index (κ1) is 16.8. The highest BCUT2D eigenvalue weighted by Gasteiger charge is 2.44. The van der Waals surface area contributed by atoms with E-state index in [0.29, 0.717) is 0 Å². The van der Waals surface area contributed by atoms with Gasteiger partial charge in [-0.2, -0.15) is 8.42 Å². The van der Waals surface area contributed by atoms with Gasteiger partial charge in [-0.25, -0.2) is 8.78 Å². The van der Waals surface area contributed by atoms with Crippen LogP contribution >= 0.6 is 15.9 Å². The van der Waals surface area contributed by atoms with Crippen molar-refractivity contribution in [2.45, 2.75) is 11.9 Å². The summed E-state index contributed by atoms with van der Waals surface area (Å²) in [4.78, 5) is 0. The van der Waals surface area contributed by atoms with Crippen molar-refractivity contribution in [3.05, 3.63) is 35.4 Å². The van der Waals surface area contributed by atoms with E-state index < -0.39 is 33.6 Å². The zero-order valence-corrected chi connectivity index (χ0v) is 13.4. The molecule has 5 nitrogen and oxygen atoms in total. The molecule has 2 atom stereocenters. The molecule has 0 N–H and O–H groups in total. The van der Waals surface area contributed by atoms with E-state index >= 15 is 0 Å². The van der Waals surface area contributed by atoms with E-state index in [0.717, 1.165) is 18.4 Å². The molecule has 0 amide bonds. The predicted octanol–water partition coefficient (Wildman–Crippen LogP) is 1.90. The number of benzene rings is 1. The van der Waals surface area contributed by atoms with Crippen molar-refractivity contribution in [2.24, 2.45) is 0 Å². The van der Waals surface area contributed by atoms with Crippen LogP contribution in [-0.4, -0.2) is 39.3 Å². The van der Waals surface area contributed by atoms with Gasteiger partial charge in [0.25, 0.3) is 10.1 Å². The van der Waals surface area contributed by atoms with Crippen LogP contribution in [0.1, 0.15) is 5.56 Å². The molecule has 0 saturated carbocycles. The van der Waals surface area contributed by atoms with Crippen LogP contribution in [0.2, 0.25) is 0 Å². The second-order valence-corrected chi connectivity index (χ2v) is 6.75. The van der Waals surface area contributed by atoms with Gasteiger partial charge in [0, 0.05) is 11.6 Å². The SMILES string of the molecule is CS(=O)(=O)OC[C@@H]1CO[C@@](CBr)(c2ccc(F)cc2F)O1. The molecule has 1 fully saturated rings. The van der Waals surface area contributed by atoms with E-state index in [2.05, 4.69) is 20.1 Å². The molecule has 1 aromatic carbocycles. The van der Waals surface area contributed by atoms with Crippen molar-refractivity contribution in [3.8, 4) is 0 Å². The Hall–Kier alpha value is -0.610. The second kappa shape index (κ2) is 6.25. The molecular formula is C12H13BrF2O5S. The van der Waals surface area contributed by atoms with Crippen molar-refractivity contribution < 1.29 is 30.9 Å². The first-order chi connectivity index (χ1) is 9.76. The van der Waals surface area contributed by atoms with Crippen LogP contribution in [0, 0.1) is 11.6 Å². The van der Waals surface area contributed by atoms with Gasteiger partial charge in [0.05, 0.1) is 24.8 Å². The Labute approximate surface area is 129 Å². The van der Waals surface area contributed by atoms with E-state index in [1.165, 1.54) is 6.07 Å². The molecule has 1 aromatic rings. The van der Waals surface area contributed by atoms with Gasteiger partial charge < -0.3 is 9.47 Å². The Balaban J connectivity index is 2.17. The predicted molar refractivity (Wildman–Crippen MR) is 73.5 cm³/mol. The van der Waals surface area contributed by atoms with Crippen LogP contribution in [0.25, 0.3) is 0 Å². The fraction of sp³-hybridized carbons (Fsp3) is 0.500. The highest BCUT2D eigenvalue weighted by Crippen LogP contribution is 2.37. The molecule has 9 heteroatoms. The molecule has 0 aromatic heterocycles. The van der Waals surface area contributed by atoms with Gasteiger partial charge in [-0.1, -0.05) is 15.9 Å². The standard InChI is InChI=1S/C12H13BrF2O5S/c1-21(16,17)19-6-9-5-18-12(7-13,20-9)10-3-2-8(14)4-11(10)15/h2-4,9H,5-7H2,1H3/t9-,12+/m0/s1. The van der Waals surface area contributed by atoms with Gasteiger partial charge in [-0.15, -0.1) is 0 Å². The topological polar surface area (TPSA) is 61.8 Å². The van der Waals surface area contributed by atoms with Crippen LogP contribution in [0.15, 0.2) is 18.2 Å². The molecule has 21 heavy (non-hydrogen) atoms. The number of hydrogen-bond donors (Lipinski definition) is 0. The third-order valence-electron chi connectivity index (χ3n) is 2.84. The van der Waals surface area contributed by atoms with Gasteiger partial charge in [0.2, 0.25) is 5.79 Å². The minimum Gasteiger partial charge on any atom is -0.342 e. The van der Waals surface area contributed by atoms with Crippen LogP contribution in [0.5, 0.6) is 0 Å². The fourth-order valence-electron chi connectivity index (χ4n) is 1.93. The van der Waals surface area contributed by atoms with Gasteiger partial charge in [0.15, 0.2) is 0 Å². The van der Waals surface area contributed by atoms with E-state index in [4.69, 9.17) is 9.47 Å². The smallest absolute Gasteiger partial charge is 0.264 e. The monoisotopic (exact) mass is 386 g/mol. The molecule has 1 saturated heterocycles. The third-order valence-corrected chi connectivity index (χ3v) is 4.15. The number of ether oxygens (including phenoxy) is 2. The summed E-state index contributed by atoms with van der Waals surface area (Å²) in [6.07, 6.45) is 0.238. The van der Waals surface area contributed by atoms with E-state index in [1.54, 1.807) is 0 Å². The molecule has 1 aliphatic heterocycles. The maximum atomic E-state index is 13.9. The second-order valence-electron chi connectivity index (χ2n) is 4.55. The highest BCUT2D eigenvalue weighted by molar-refractivity contribution is 9.09. The Morgan fingerprint density at radius 3 is 2.76 bits per heavy atom. The van der Waals surface area contributed by atoms with Crippen LogP contribution in [-0.2, 0) is 29.6 Å². The van der Waals surface area contributed by atoms with Crippen molar-refractivity contribution in [1.82, 2.24) is 0 Å². The lowest BCUT2D eigenvalue weighted by Crippen LogP contribution is -2.32. The normalized spacial score (nSPS) is 26.2. The van der Waals surface area contributed by atoms with Gasteiger partial charge >= 0.3 is 0 Å². The first-order valence-electron chi connectivity index (χ1n) is 5.93. The van der Waals surface area contributed by atoms with Gasteiger partial charge in [-0.05, 0) is 12.1 Å². The zero-order chi connectivity index (χ0) is 15.7. The Morgan fingerprint density at radius 2 is 2.19 bits per heavy atom. The summed E-state index contributed by atoms with van der Waals surface area (Å²) in [5, 5.41) is 0.0952. The van der Waals surface area contributed by atoms with E-state index in [1.807, 2.05) is 0 Å². The lowest BCUT2D eigenvalue weighted by molar-refractivity contribution is -0.161. The average Bonchev–Trinajstić information content (AvgIpc) is 2.80. The molecule has 2 rings (SSSR count). The molecule has 0 radical (unpaired) electrons. The molecule has 118 valence electrons. The number of halogens is 3. The largest absolute Gasteiger partial charge is 0.342 e. The van der Waals surface area contributed by atoms with Crippen molar-refractivity contribution >= 4 is 26.0 Å². The quantitative estimate of drug-likeness (QED) is 0.571. The number of alkyl halides is 1. The maximum absolute atomic E-state index is 13.9. The lowest BCUT2D eigenvalue weighted by Gasteiger charge is -2.26. The Morgan fingerprint density at radius 1 is 1.48 bits per heavy atom. The van der Waals surface area contributed by atoms with Gasteiger partial charge in [0.1, 0.15) is 17.7 Å². The van der Waals surface area contributed by atoms with E-state index in [-0.39, 0.29) is 24.1 Å². The Kier molecular flexibility index (Phi) is 4.99. The zero-order valence-electron chi connectivity index (χ0n) is 11.0. The van der Waals surface area contributed by atoms with Crippen LogP contribution in [0.3, 0.4) is 0 Å². The van der Waals surface area contributed by atoms with E-state index in [9.17, 15) is 17.2 Å². The van der Waals surface area contributed by atoms with Gasteiger partial charge in [-0.3, -0.25) is 4.18 Å². The summed E-state index contributed by atoms with van der Waals surface area (Å²) < 4.78 is 64.4. The summed E-state index contributed by atoms with van der Waals surface area (Å²) >= 11 is 3.17. The molecule has 0 aliphatic carbocycles. The minimum absolute atomic E-state index is 0.0257. The number of rotatable bonds is 5. The minimum atomic E-state index is -3.60. The highest BCUT2D eigenvalue weighted by atomic mass is 79.9. The molecule has 0 bridgehead atoms. The molecule has 1 heterocycles. The average molecular weight is 387 g/mol. The third kappa shape index (κ3) is 3.98. The maximum Gasteiger partial charge on any atom is 0.264 e. The van der Waals surface area contributed by atoms with Crippen molar-refractivity contribution in [3.63, 3.8) is 0 Å². The summed E-state index contributed by atoms with van der Waals surface area (Å²) in [5.74, 6) is -2.96. The fourth-order valence-corrected chi connectivity index (χ4v) is 2.92.